The third-order valence-electron chi connectivity index (χ3n) is 6.39. The van der Waals surface area contributed by atoms with Gasteiger partial charge in [-0.25, -0.2) is 9.97 Å². The average Bonchev–Trinajstić information content (AvgIpc) is 3.28. The highest BCUT2D eigenvalue weighted by Crippen LogP contribution is 2.41. The van der Waals surface area contributed by atoms with Gasteiger partial charge in [0, 0.05) is 23.0 Å². The van der Waals surface area contributed by atoms with Crippen LogP contribution in [-0.4, -0.2) is 19.6 Å². The first kappa shape index (κ1) is 21.2. The molecule has 6 bridgehead atoms. The summed E-state index contributed by atoms with van der Waals surface area (Å²) in [6, 6.07) is 20.9. The molecule has 1 atom stereocenters. The van der Waals surface area contributed by atoms with Crippen molar-refractivity contribution in [1.82, 2.24) is 14.5 Å². The van der Waals surface area contributed by atoms with Crippen LogP contribution in [0.5, 0.6) is 5.75 Å². The lowest BCUT2D eigenvalue weighted by Gasteiger charge is -2.30. The number of ether oxygens (including phenoxy) is 1. The minimum Gasteiger partial charge on any atom is -0.489 e. The maximum Gasteiger partial charge on any atom is 0.156 e. The number of aromatic nitrogens is 3. The fraction of sp³-hybridized carbons (Fsp3) is 0.111. The summed E-state index contributed by atoms with van der Waals surface area (Å²) >= 11 is 12.9. The fourth-order valence-electron chi connectivity index (χ4n) is 4.65. The Hall–Kier alpha value is -3.38. The standard InChI is InChI=1S/C27H19Cl2N3O2/c1-32-15-30-13-25(32)27(33)18-5-7-23(28)17(9-18)14-34-20-4-2-3-16(10-20)21-12-26(29)31-24-8-6-19(27)11-22(21)24/h2-13,15,33H,14H2,1H3. The summed E-state index contributed by atoms with van der Waals surface area (Å²) in [4.78, 5) is 8.79. The Morgan fingerprint density at radius 2 is 1.82 bits per heavy atom. The molecule has 0 saturated heterocycles. The van der Waals surface area contributed by atoms with Crippen molar-refractivity contribution >= 4 is 34.1 Å². The van der Waals surface area contributed by atoms with Crippen molar-refractivity contribution in [1.29, 1.82) is 0 Å². The lowest BCUT2D eigenvalue weighted by atomic mass is 9.82. The van der Waals surface area contributed by atoms with Crippen LogP contribution in [0.3, 0.4) is 0 Å². The Balaban J connectivity index is 1.74. The highest BCUT2D eigenvalue weighted by molar-refractivity contribution is 6.31. The van der Waals surface area contributed by atoms with E-state index in [0.717, 1.165) is 27.6 Å². The predicted molar refractivity (Wildman–Crippen MR) is 133 cm³/mol. The van der Waals surface area contributed by atoms with Gasteiger partial charge in [-0.15, -0.1) is 0 Å². The van der Waals surface area contributed by atoms with Gasteiger partial charge in [0.2, 0.25) is 0 Å². The second-order valence-electron chi connectivity index (χ2n) is 8.45. The van der Waals surface area contributed by atoms with Crippen LogP contribution >= 0.6 is 23.2 Å². The molecule has 3 heterocycles. The number of hydrogen-bond acceptors (Lipinski definition) is 4. The molecule has 0 radical (unpaired) electrons. The smallest absolute Gasteiger partial charge is 0.156 e. The minimum atomic E-state index is -1.50. The van der Waals surface area contributed by atoms with Gasteiger partial charge in [0.1, 0.15) is 17.5 Å². The predicted octanol–water partition coefficient (Wildman–Crippen LogP) is 6.12. The van der Waals surface area contributed by atoms with E-state index in [1.54, 1.807) is 18.6 Å². The molecule has 6 rings (SSSR count). The van der Waals surface area contributed by atoms with Crippen LogP contribution in [-0.2, 0) is 19.3 Å². The van der Waals surface area contributed by atoms with Gasteiger partial charge < -0.3 is 14.4 Å². The Kier molecular flexibility index (Phi) is 4.88. The lowest BCUT2D eigenvalue weighted by Crippen LogP contribution is -2.31. The van der Waals surface area contributed by atoms with E-state index in [-0.39, 0.29) is 6.61 Å². The molecule has 34 heavy (non-hydrogen) atoms. The van der Waals surface area contributed by atoms with Gasteiger partial charge in [0.15, 0.2) is 5.60 Å². The summed E-state index contributed by atoms with van der Waals surface area (Å²) in [6.07, 6.45) is 3.35. The van der Waals surface area contributed by atoms with E-state index in [1.807, 2.05) is 72.3 Å². The van der Waals surface area contributed by atoms with Gasteiger partial charge in [-0.2, -0.15) is 0 Å². The molecule has 1 unspecified atom stereocenters. The molecule has 1 aliphatic rings. The van der Waals surface area contributed by atoms with E-state index < -0.39 is 5.60 Å². The summed E-state index contributed by atoms with van der Waals surface area (Å²) in [5.41, 5.74) is 3.81. The van der Waals surface area contributed by atoms with Gasteiger partial charge in [-0.1, -0.05) is 47.5 Å². The number of benzene rings is 3. The van der Waals surface area contributed by atoms with Gasteiger partial charge in [-0.3, -0.25) is 0 Å². The van der Waals surface area contributed by atoms with Crippen molar-refractivity contribution in [2.75, 3.05) is 0 Å². The first-order valence-corrected chi connectivity index (χ1v) is 11.5. The van der Waals surface area contributed by atoms with E-state index in [2.05, 4.69) is 9.97 Å². The van der Waals surface area contributed by atoms with Crippen molar-refractivity contribution in [2.24, 2.45) is 7.05 Å². The summed E-state index contributed by atoms with van der Waals surface area (Å²) < 4.78 is 7.93. The number of pyridine rings is 1. The zero-order valence-electron chi connectivity index (χ0n) is 18.2. The zero-order valence-corrected chi connectivity index (χ0v) is 19.7. The molecule has 0 saturated carbocycles. The van der Waals surface area contributed by atoms with Crippen molar-refractivity contribution in [2.45, 2.75) is 12.2 Å². The molecule has 168 valence electrons. The number of halogens is 2. The molecule has 5 nitrogen and oxygen atoms in total. The summed E-state index contributed by atoms with van der Waals surface area (Å²) in [5, 5.41) is 14.3. The quantitative estimate of drug-likeness (QED) is 0.289. The molecule has 0 aliphatic carbocycles. The Bertz CT molecular complexity index is 1580. The number of imidazole rings is 1. The van der Waals surface area contributed by atoms with E-state index in [4.69, 9.17) is 27.9 Å². The van der Waals surface area contributed by atoms with Crippen LogP contribution in [0.15, 0.2) is 79.3 Å². The average molecular weight is 488 g/mol. The van der Waals surface area contributed by atoms with E-state index >= 15 is 0 Å². The second-order valence-corrected chi connectivity index (χ2v) is 9.24. The van der Waals surface area contributed by atoms with Gasteiger partial charge >= 0.3 is 0 Å². The molecule has 0 amide bonds. The van der Waals surface area contributed by atoms with Crippen molar-refractivity contribution < 1.29 is 9.84 Å². The van der Waals surface area contributed by atoms with E-state index in [1.165, 1.54) is 0 Å². The molecule has 0 fully saturated rings. The number of nitrogens with zero attached hydrogens (tertiary/aromatic N) is 3. The highest BCUT2D eigenvalue weighted by atomic mass is 35.5. The number of hydrogen-bond donors (Lipinski definition) is 1. The fourth-order valence-corrected chi connectivity index (χ4v) is 5.02. The number of fused-ring (bicyclic) bond motifs is 6. The van der Waals surface area contributed by atoms with Crippen LogP contribution in [0.4, 0.5) is 0 Å². The second kappa shape index (κ2) is 7.84. The molecule has 1 aliphatic heterocycles. The van der Waals surface area contributed by atoms with Crippen LogP contribution in [0.2, 0.25) is 10.2 Å². The zero-order chi connectivity index (χ0) is 23.4. The summed E-state index contributed by atoms with van der Waals surface area (Å²) in [7, 11) is 1.86. The maximum atomic E-state index is 12.4. The van der Waals surface area contributed by atoms with Crippen molar-refractivity contribution in [3.63, 3.8) is 0 Å². The third-order valence-corrected chi connectivity index (χ3v) is 6.95. The molecule has 3 aromatic carbocycles. The van der Waals surface area contributed by atoms with Gasteiger partial charge in [0.25, 0.3) is 0 Å². The summed E-state index contributed by atoms with van der Waals surface area (Å²) in [5.74, 6) is 0.706. The highest BCUT2D eigenvalue weighted by Gasteiger charge is 2.37. The summed E-state index contributed by atoms with van der Waals surface area (Å²) in [6.45, 7) is 0.252. The first-order chi connectivity index (χ1) is 16.4. The van der Waals surface area contributed by atoms with E-state index in [9.17, 15) is 5.11 Å². The van der Waals surface area contributed by atoms with Gasteiger partial charge in [-0.05, 0) is 64.7 Å². The SMILES string of the molecule is Cn1cncc1C1(O)c2ccc(Cl)c(c2)COc2cccc(c2)-c2cc(Cl)nc3ccc1cc23. The minimum absolute atomic E-state index is 0.252. The Morgan fingerprint density at radius 3 is 2.65 bits per heavy atom. The topological polar surface area (TPSA) is 60.2 Å². The van der Waals surface area contributed by atoms with Crippen LogP contribution in [0, 0.1) is 0 Å². The molecule has 1 N–H and O–H groups in total. The van der Waals surface area contributed by atoms with Crippen LogP contribution in [0.25, 0.3) is 22.0 Å². The van der Waals surface area contributed by atoms with Gasteiger partial charge in [0.05, 0.1) is 23.7 Å². The lowest BCUT2D eigenvalue weighted by molar-refractivity contribution is 0.117. The normalized spacial score (nSPS) is 17.1. The van der Waals surface area contributed by atoms with Crippen molar-refractivity contribution in [3.05, 3.63) is 112 Å². The monoisotopic (exact) mass is 487 g/mol. The number of aliphatic hydroxyl groups is 1. The van der Waals surface area contributed by atoms with E-state index in [0.29, 0.717) is 32.7 Å². The third kappa shape index (κ3) is 3.28. The molecule has 7 heteroatoms. The maximum absolute atomic E-state index is 12.4. The molecule has 0 spiro atoms. The Labute approximate surface area is 206 Å². The molecule has 2 aromatic heterocycles. The van der Waals surface area contributed by atoms with Crippen molar-refractivity contribution in [3.8, 4) is 16.9 Å². The largest absolute Gasteiger partial charge is 0.489 e. The molecular formula is C27H19Cl2N3O2. The van der Waals surface area contributed by atoms with Crippen LogP contribution < -0.4 is 4.74 Å². The number of aryl methyl sites for hydroxylation is 1. The number of rotatable bonds is 1. The Morgan fingerprint density at radius 1 is 1.00 bits per heavy atom. The first-order valence-electron chi connectivity index (χ1n) is 10.8. The van der Waals surface area contributed by atoms with Crippen LogP contribution in [0.1, 0.15) is 22.4 Å². The molecular weight excluding hydrogens is 469 g/mol. The molecule has 5 aromatic rings.